The predicted molar refractivity (Wildman–Crippen MR) is 82.4 cm³/mol. The van der Waals surface area contributed by atoms with Gasteiger partial charge in [0.15, 0.2) is 5.13 Å². The van der Waals surface area contributed by atoms with Gasteiger partial charge in [0.2, 0.25) is 0 Å². The highest BCUT2D eigenvalue weighted by Gasteiger charge is 2.12. The number of anilines is 1. The maximum absolute atomic E-state index is 13.7. The third kappa shape index (κ3) is 2.75. The van der Waals surface area contributed by atoms with Crippen LogP contribution in [0, 0.1) is 5.82 Å². The maximum Gasteiger partial charge on any atom is 0.356 e. The lowest BCUT2D eigenvalue weighted by Crippen LogP contribution is -2.06. The molecule has 0 aliphatic carbocycles. The number of hydrogen-bond acceptors (Lipinski definition) is 6. The van der Waals surface area contributed by atoms with E-state index in [1.807, 2.05) is 0 Å². The minimum atomic E-state index is -0.510. The summed E-state index contributed by atoms with van der Waals surface area (Å²) in [5.41, 5.74) is 7.87. The number of thiazole rings is 1. The van der Waals surface area contributed by atoms with E-state index in [9.17, 15) is 9.18 Å². The van der Waals surface area contributed by atoms with E-state index >= 15 is 0 Å². The summed E-state index contributed by atoms with van der Waals surface area (Å²) in [4.78, 5) is 20.0. The Bertz CT molecular complexity index is 863. The van der Waals surface area contributed by atoms with Gasteiger partial charge in [-0.1, -0.05) is 17.4 Å². The summed E-state index contributed by atoms with van der Waals surface area (Å²) in [6.45, 7) is 0. The fourth-order valence-electron chi connectivity index (χ4n) is 2.20. The topological polar surface area (TPSA) is 78.1 Å². The molecule has 112 valence electrons. The van der Waals surface area contributed by atoms with Gasteiger partial charge in [0.25, 0.3) is 0 Å². The van der Waals surface area contributed by atoms with Gasteiger partial charge in [0.1, 0.15) is 11.5 Å². The second-order valence-electron chi connectivity index (χ2n) is 4.65. The number of esters is 1. The zero-order chi connectivity index (χ0) is 15.7. The molecule has 0 unspecified atom stereocenters. The molecule has 3 aromatic rings. The van der Waals surface area contributed by atoms with Crippen LogP contribution in [-0.4, -0.2) is 23.0 Å². The van der Waals surface area contributed by atoms with E-state index in [0.29, 0.717) is 33.0 Å². The van der Waals surface area contributed by atoms with Crippen LogP contribution in [0.2, 0.25) is 0 Å². The molecule has 0 aliphatic rings. The number of carbonyl (C=O) groups excluding carboxylic acids is 1. The van der Waals surface area contributed by atoms with Crippen molar-refractivity contribution in [1.82, 2.24) is 9.97 Å². The van der Waals surface area contributed by atoms with Gasteiger partial charge in [-0.15, -0.1) is 0 Å². The Morgan fingerprint density at radius 3 is 2.95 bits per heavy atom. The van der Waals surface area contributed by atoms with Crippen LogP contribution >= 0.6 is 11.3 Å². The molecule has 2 heterocycles. The summed E-state index contributed by atoms with van der Waals surface area (Å²) in [6, 6.07) is 7.86. The number of methoxy groups -OCH3 is 1. The molecule has 0 amide bonds. The number of benzene rings is 1. The van der Waals surface area contributed by atoms with Gasteiger partial charge in [-0.3, -0.25) is 0 Å². The van der Waals surface area contributed by atoms with E-state index in [1.54, 1.807) is 18.2 Å². The third-order valence-electron chi connectivity index (χ3n) is 3.13. The molecule has 0 saturated heterocycles. The monoisotopic (exact) mass is 317 g/mol. The zero-order valence-corrected chi connectivity index (χ0v) is 12.5. The molecule has 0 bridgehead atoms. The molecule has 7 heteroatoms. The second-order valence-corrected chi connectivity index (χ2v) is 5.71. The normalized spacial score (nSPS) is 10.8. The Balaban J connectivity index is 2.01. The molecule has 3 rings (SSSR count). The summed E-state index contributed by atoms with van der Waals surface area (Å²) in [7, 11) is 1.30. The number of nitrogens with zero attached hydrogens (tertiary/aromatic N) is 2. The van der Waals surface area contributed by atoms with Gasteiger partial charge in [-0.05, 0) is 29.8 Å². The highest BCUT2D eigenvalue weighted by Crippen LogP contribution is 2.28. The van der Waals surface area contributed by atoms with E-state index in [-0.39, 0.29) is 11.5 Å². The molecule has 0 saturated carbocycles. The minimum Gasteiger partial charge on any atom is -0.464 e. The number of hydrogen-bond donors (Lipinski definition) is 1. The Morgan fingerprint density at radius 2 is 2.18 bits per heavy atom. The Hall–Kier alpha value is -2.54. The van der Waals surface area contributed by atoms with Crippen molar-refractivity contribution in [1.29, 1.82) is 0 Å². The van der Waals surface area contributed by atoms with Crippen LogP contribution in [0.3, 0.4) is 0 Å². The van der Waals surface area contributed by atoms with Crippen molar-refractivity contribution < 1.29 is 13.9 Å². The third-order valence-corrected chi connectivity index (χ3v) is 3.96. The lowest BCUT2D eigenvalue weighted by molar-refractivity contribution is 0.0593. The number of ether oxygens (including phenoxy) is 1. The fraction of sp³-hybridized carbons (Fsp3) is 0.133. The van der Waals surface area contributed by atoms with Crippen LogP contribution in [0.15, 0.2) is 30.3 Å². The number of nitrogen functional groups attached to an aromatic ring is 1. The number of fused-ring (bicyclic) bond motifs is 1. The Morgan fingerprint density at radius 1 is 1.36 bits per heavy atom. The smallest absolute Gasteiger partial charge is 0.356 e. The summed E-state index contributed by atoms with van der Waals surface area (Å²) in [5, 5.41) is 0.387. The lowest BCUT2D eigenvalue weighted by Gasteiger charge is -2.05. The number of pyridine rings is 1. The summed E-state index contributed by atoms with van der Waals surface area (Å²) < 4.78 is 19.1. The Kier molecular flexibility index (Phi) is 3.72. The Labute approximate surface area is 129 Å². The minimum absolute atomic E-state index is 0.213. The van der Waals surface area contributed by atoms with Gasteiger partial charge in [0, 0.05) is 12.1 Å². The molecule has 2 N–H and O–H groups in total. The molecule has 0 atom stereocenters. The molecule has 5 nitrogen and oxygen atoms in total. The first-order valence-electron chi connectivity index (χ1n) is 6.45. The molecule has 1 aromatic carbocycles. The first kappa shape index (κ1) is 14.4. The van der Waals surface area contributed by atoms with Gasteiger partial charge in [0.05, 0.1) is 17.3 Å². The van der Waals surface area contributed by atoms with Crippen LogP contribution in [0.25, 0.3) is 10.2 Å². The highest BCUT2D eigenvalue weighted by molar-refractivity contribution is 7.22. The van der Waals surface area contributed by atoms with Crippen LogP contribution < -0.4 is 5.73 Å². The largest absolute Gasteiger partial charge is 0.464 e. The van der Waals surface area contributed by atoms with Crippen LogP contribution in [-0.2, 0) is 11.2 Å². The van der Waals surface area contributed by atoms with Gasteiger partial charge in [-0.2, -0.15) is 0 Å². The average Bonchev–Trinajstić information content (AvgIpc) is 2.87. The quantitative estimate of drug-likeness (QED) is 0.752. The number of nitrogens with two attached hydrogens (primary N) is 1. The molecule has 2 aromatic heterocycles. The van der Waals surface area contributed by atoms with E-state index in [4.69, 9.17) is 5.73 Å². The van der Waals surface area contributed by atoms with Gasteiger partial charge < -0.3 is 10.5 Å². The maximum atomic E-state index is 13.7. The van der Waals surface area contributed by atoms with Gasteiger partial charge in [-0.25, -0.2) is 19.2 Å². The first-order valence-corrected chi connectivity index (χ1v) is 7.27. The number of aromatic nitrogens is 2. The molecule has 22 heavy (non-hydrogen) atoms. The van der Waals surface area contributed by atoms with Crippen molar-refractivity contribution in [3.63, 3.8) is 0 Å². The van der Waals surface area contributed by atoms with Crippen molar-refractivity contribution in [2.75, 3.05) is 12.8 Å². The number of carbonyl (C=O) groups is 1. The number of halogens is 1. The van der Waals surface area contributed by atoms with E-state index in [0.717, 1.165) is 0 Å². The van der Waals surface area contributed by atoms with Gasteiger partial charge >= 0.3 is 5.97 Å². The van der Waals surface area contributed by atoms with Crippen LogP contribution in [0.4, 0.5) is 9.52 Å². The average molecular weight is 317 g/mol. The van der Waals surface area contributed by atoms with Crippen molar-refractivity contribution in [2.24, 2.45) is 0 Å². The number of rotatable bonds is 3. The molecule has 0 spiro atoms. The van der Waals surface area contributed by atoms with E-state index in [1.165, 1.54) is 30.6 Å². The molecule has 0 radical (unpaired) electrons. The van der Waals surface area contributed by atoms with E-state index in [2.05, 4.69) is 14.7 Å². The van der Waals surface area contributed by atoms with Crippen LogP contribution in [0.5, 0.6) is 0 Å². The van der Waals surface area contributed by atoms with Crippen molar-refractivity contribution >= 4 is 32.7 Å². The molecule has 0 aliphatic heterocycles. The van der Waals surface area contributed by atoms with Crippen molar-refractivity contribution in [2.45, 2.75) is 6.42 Å². The standard InChI is InChI=1S/C15H12FN3O2S/c1-21-14(20)11-4-2-3-10(18-11)6-8-5-9(16)7-12-13(8)19-15(17)22-12/h2-5,7H,6H2,1H3,(H2,17,19). The molecular formula is C15H12FN3O2S. The lowest BCUT2D eigenvalue weighted by atomic mass is 10.1. The first-order chi connectivity index (χ1) is 10.6. The fourth-order valence-corrected chi connectivity index (χ4v) is 3.01. The zero-order valence-electron chi connectivity index (χ0n) is 11.7. The summed E-state index contributed by atoms with van der Waals surface area (Å²) in [5.74, 6) is -0.862. The predicted octanol–water partition coefficient (Wildman–Crippen LogP) is 2.79. The second kappa shape index (κ2) is 5.69. The molecule has 0 fully saturated rings. The summed E-state index contributed by atoms with van der Waals surface area (Å²) in [6.07, 6.45) is 0.349. The van der Waals surface area contributed by atoms with Crippen LogP contribution in [0.1, 0.15) is 21.7 Å². The summed E-state index contributed by atoms with van der Waals surface area (Å²) >= 11 is 1.23. The SMILES string of the molecule is COC(=O)c1cccc(Cc2cc(F)cc3sc(N)nc23)n1. The van der Waals surface area contributed by atoms with Crippen molar-refractivity contribution in [3.8, 4) is 0 Å². The molecular weight excluding hydrogens is 305 g/mol. The van der Waals surface area contributed by atoms with E-state index < -0.39 is 5.97 Å². The van der Waals surface area contributed by atoms with Crippen molar-refractivity contribution in [3.05, 3.63) is 53.1 Å². The highest BCUT2D eigenvalue weighted by atomic mass is 32.1.